The van der Waals surface area contributed by atoms with E-state index in [0.29, 0.717) is 10.7 Å². The number of amides is 2. The third kappa shape index (κ3) is 3.97. The molecular weight excluding hydrogens is 322 g/mol. The maximum absolute atomic E-state index is 12.1. The largest absolute Gasteiger partial charge is 0.349 e. The molecule has 0 spiro atoms. The Morgan fingerprint density at radius 3 is 2.54 bits per heavy atom. The summed E-state index contributed by atoms with van der Waals surface area (Å²) in [5.74, 6) is -0.356. The van der Waals surface area contributed by atoms with Crippen LogP contribution in [0.1, 0.15) is 23.7 Å². The Morgan fingerprint density at radius 2 is 1.79 bits per heavy atom. The lowest BCUT2D eigenvalue weighted by Crippen LogP contribution is -2.35. The molecule has 2 N–H and O–H groups in total. The summed E-state index contributed by atoms with van der Waals surface area (Å²) in [6, 6.07) is 16.4. The Kier molecular flexibility index (Phi) is 4.86. The van der Waals surface area contributed by atoms with Crippen molar-refractivity contribution >= 4 is 38.5 Å². The quantitative estimate of drug-likeness (QED) is 0.748. The summed E-state index contributed by atoms with van der Waals surface area (Å²) in [6.07, 6.45) is 0.189. The number of hydrogen-bond acceptors (Lipinski definition) is 4. The van der Waals surface area contributed by atoms with Crippen molar-refractivity contribution < 1.29 is 9.59 Å². The molecule has 0 saturated heterocycles. The first kappa shape index (κ1) is 16.1. The number of carbonyl (C=O) groups excluding carboxylic acids is 2. The fraction of sp³-hybridized carbons (Fsp3) is 0.167. The van der Waals surface area contributed by atoms with Gasteiger partial charge in [-0.3, -0.25) is 9.59 Å². The van der Waals surface area contributed by atoms with Crippen molar-refractivity contribution in [3.63, 3.8) is 0 Å². The topological polar surface area (TPSA) is 71.1 Å². The van der Waals surface area contributed by atoms with Gasteiger partial charge in [0, 0.05) is 18.0 Å². The lowest BCUT2D eigenvalue weighted by Gasteiger charge is -2.13. The van der Waals surface area contributed by atoms with E-state index in [0.717, 1.165) is 10.2 Å². The minimum Gasteiger partial charge on any atom is -0.349 e. The van der Waals surface area contributed by atoms with Crippen LogP contribution in [-0.4, -0.2) is 22.8 Å². The van der Waals surface area contributed by atoms with Crippen molar-refractivity contribution in [2.24, 2.45) is 0 Å². The molecule has 5 nitrogen and oxygen atoms in total. The van der Waals surface area contributed by atoms with Crippen LogP contribution in [-0.2, 0) is 4.79 Å². The van der Waals surface area contributed by atoms with E-state index in [9.17, 15) is 9.59 Å². The Morgan fingerprint density at radius 1 is 1.08 bits per heavy atom. The van der Waals surface area contributed by atoms with Crippen molar-refractivity contribution in [1.29, 1.82) is 0 Å². The molecule has 1 unspecified atom stereocenters. The van der Waals surface area contributed by atoms with Crippen molar-refractivity contribution in [3.05, 3.63) is 60.2 Å². The Balaban J connectivity index is 1.55. The zero-order chi connectivity index (χ0) is 16.9. The molecule has 122 valence electrons. The van der Waals surface area contributed by atoms with E-state index in [4.69, 9.17) is 0 Å². The second kappa shape index (κ2) is 7.23. The molecule has 0 aliphatic carbocycles. The number of para-hydroxylation sites is 1. The van der Waals surface area contributed by atoms with E-state index in [2.05, 4.69) is 15.6 Å². The van der Waals surface area contributed by atoms with Crippen LogP contribution in [0, 0.1) is 0 Å². The molecule has 0 fully saturated rings. The van der Waals surface area contributed by atoms with Gasteiger partial charge in [-0.1, -0.05) is 41.7 Å². The number of fused-ring (bicyclic) bond motifs is 1. The first-order valence-corrected chi connectivity index (χ1v) is 8.45. The van der Waals surface area contributed by atoms with Crippen LogP contribution in [0.2, 0.25) is 0 Å². The number of aromatic nitrogens is 1. The highest BCUT2D eigenvalue weighted by Gasteiger charge is 2.14. The highest BCUT2D eigenvalue weighted by molar-refractivity contribution is 7.22. The van der Waals surface area contributed by atoms with Crippen LogP contribution in [0.5, 0.6) is 0 Å². The monoisotopic (exact) mass is 339 g/mol. The number of benzene rings is 2. The van der Waals surface area contributed by atoms with Gasteiger partial charge in [-0.25, -0.2) is 4.98 Å². The van der Waals surface area contributed by atoms with Gasteiger partial charge in [-0.15, -0.1) is 0 Å². The average molecular weight is 339 g/mol. The minimum atomic E-state index is -0.271. The molecule has 24 heavy (non-hydrogen) atoms. The highest BCUT2D eigenvalue weighted by Crippen LogP contribution is 2.25. The molecule has 0 saturated carbocycles. The van der Waals surface area contributed by atoms with Crippen molar-refractivity contribution in [1.82, 2.24) is 10.3 Å². The number of thiazole rings is 1. The van der Waals surface area contributed by atoms with Gasteiger partial charge in [-0.2, -0.15) is 0 Å². The van der Waals surface area contributed by atoms with Gasteiger partial charge in [0.1, 0.15) is 0 Å². The van der Waals surface area contributed by atoms with Gasteiger partial charge in [-0.05, 0) is 31.2 Å². The third-order valence-electron chi connectivity index (χ3n) is 3.45. The summed E-state index contributed by atoms with van der Waals surface area (Å²) in [7, 11) is 0. The molecule has 2 aromatic carbocycles. The van der Waals surface area contributed by atoms with E-state index >= 15 is 0 Å². The van der Waals surface area contributed by atoms with Crippen LogP contribution in [0.15, 0.2) is 54.6 Å². The average Bonchev–Trinajstić information content (AvgIpc) is 2.97. The molecule has 6 heteroatoms. The van der Waals surface area contributed by atoms with Crippen molar-refractivity contribution in [3.8, 4) is 0 Å². The minimum absolute atomic E-state index is 0.171. The summed E-state index contributed by atoms with van der Waals surface area (Å²) in [5, 5.41) is 6.19. The molecule has 0 aliphatic heterocycles. The lowest BCUT2D eigenvalue weighted by atomic mass is 10.1. The molecule has 1 heterocycles. The fourth-order valence-corrected chi connectivity index (χ4v) is 3.20. The second-order valence-corrected chi connectivity index (χ2v) is 6.51. The van der Waals surface area contributed by atoms with Crippen molar-refractivity contribution in [2.75, 3.05) is 5.32 Å². The first-order valence-electron chi connectivity index (χ1n) is 7.63. The zero-order valence-corrected chi connectivity index (χ0v) is 14.0. The van der Waals surface area contributed by atoms with Crippen LogP contribution < -0.4 is 10.6 Å². The Bertz CT molecular complexity index is 828. The maximum Gasteiger partial charge on any atom is 0.251 e. The van der Waals surface area contributed by atoms with Gasteiger partial charge < -0.3 is 10.6 Å². The Labute approximate surface area is 143 Å². The summed E-state index contributed by atoms with van der Waals surface area (Å²) < 4.78 is 1.03. The molecule has 2 amide bonds. The van der Waals surface area contributed by atoms with Gasteiger partial charge in [0.15, 0.2) is 5.13 Å². The van der Waals surface area contributed by atoms with E-state index in [-0.39, 0.29) is 24.3 Å². The van der Waals surface area contributed by atoms with Gasteiger partial charge in [0.2, 0.25) is 5.91 Å². The first-order chi connectivity index (χ1) is 11.6. The number of hydrogen-bond donors (Lipinski definition) is 2. The molecule has 0 radical (unpaired) electrons. The van der Waals surface area contributed by atoms with Crippen molar-refractivity contribution in [2.45, 2.75) is 19.4 Å². The molecule has 0 bridgehead atoms. The van der Waals surface area contributed by atoms with E-state index in [1.165, 1.54) is 11.3 Å². The predicted octanol–water partition coefficient (Wildman–Crippen LogP) is 3.44. The van der Waals surface area contributed by atoms with Gasteiger partial charge in [0.05, 0.1) is 10.2 Å². The summed E-state index contributed by atoms with van der Waals surface area (Å²) in [4.78, 5) is 28.5. The molecule has 3 aromatic rings. The summed E-state index contributed by atoms with van der Waals surface area (Å²) >= 11 is 1.43. The van der Waals surface area contributed by atoms with Crippen LogP contribution in [0.4, 0.5) is 5.13 Å². The molecule has 1 atom stereocenters. The third-order valence-corrected chi connectivity index (χ3v) is 4.40. The second-order valence-electron chi connectivity index (χ2n) is 5.48. The number of anilines is 1. The number of nitrogens with one attached hydrogen (secondary N) is 2. The normalized spacial score (nSPS) is 11.9. The van der Waals surface area contributed by atoms with E-state index < -0.39 is 0 Å². The maximum atomic E-state index is 12.1. The zero-order valence-electron chi connectivity index (χ0n) is 13.2. The molecule has 3 rings (SSSR count). The van der Waals surface area contributed by atoms with Crippen LogP contribution in [0.25, 0.3) is 10.2 Å². The molecular formula is C18H17N3O2S. The SMILES string of the molecule is CC(CC(=O)Nc1nc2ccccc2s1)NC(=O)c1ccccc1. The smallest absolute Gasteiger partial charge is 0.251 e. The fourth-order valence-electron chi connectivity index (χ4n) is 2.32. The van der Waals surface area contributed by atoms with Gasteiger partial charge in [0.25, 0.3) is 5.91 Å². The lowest BCUT2D eigenvalue weighted by molar-refractivity contribution is -0.116. The van der Waals surface area contributed by atoms with Crippen LogP contribution >= 0.6 is 11.3 Å². The molecule has 0 aliphatic rings. The Hall–Kier alpha value is -2.73. The predicted molar refractivity (Wildman–Crippen MR) is 96.2 cm³/mol. The van der Waals surface area contributed by atoms with E-state index in [1.807, 2.05) is 30.3 Å². The standard InChI is InChI=1S/C18H17N3O2S/c1-12(19-17(23)13-7-3-2-4-8-13)11-16(22)21-18-20-14-9-5-6-10-15(14)24-18/h2-10,12H,11H2,1H3,(H,19,23)(H,20,21,22). The molecule has 1 aromatic heterocycles. The number of carbonyl (C=O) groups is 2. The van der Waals surface area contributed by atoms with Gasteiger partial charge >= 0.3 is 0 Å². The summed E-state index contributed by atoms with van der Waals surface area (Å²) in [5.41, 5.74) is 1.44. The number of nitrogens with zero attached hydrogens (tertiary/aromatic N) is 1. The van der Waals surface area contributed by atoms with Crippen LogP contribution in [0.3, 0.4) is 0 Å². The number of rotatable bonds is 5. The summed E-state index contributed by atoms with van der Waals surface area (Å²) in [6.45, 7) is 1.80. The highest BCUT2D eigenvalue weighted by atomic mass is 32.1. The van der Waals surface area contributed by atoms with E-state index in [1.54, 1.807) is 31.2 Å².